The van der Waals surface area contributed by atoms with E-state index in [9.17, 15) is 4.79 Å². The van der Waals surface area contributed by atoms with Gasteiger partial charge >= 0.3 is 0 Å². The molecule has 1 aliphatic rings. The maximum atomic E-state index is 12.2. The molecular weight excluding hydrogens is 302 g/mol. The summed E-state index contributed by atoms with van der Waals surface area (Å²) in [6, 6.07) is 3.66. The molecule has 6 nitrogen and oxygen atoms in total. The van der Waals surface area contributed by atoms with Gasteiger partial charge in [-0.3, -0.25) is 10.1 Å². The van der Waals surface area contributed by atoms with Crippen LogP contribution in [0.4, 0.5) is 5.13 Å². The molecule has 2 aromatic rings. The number of ether oxygens (including phenoxy) is 1. The minimum atomic E-state index is -0.416. The number of anilines is 1. The van der Waals surface area contributed by atoms with Crippen molar-refractivity contribution in [3.63, 3.8) is 0 Å². The van der Waals surface area contributed by atoms with Crippen LogP contribution >= 0.6 is 11.3 Å². The molecule has 0 bridgehead atoms. The molecular formula is C15H17N3O3S. The first-order valence-electron chi connectivity index (χ1n) is 7.13. The molecule has 0 spiro atoms. The number of carbonyl (C=O) groups excluding carboxylic acids is 1. The highest BCUT2D eigenvalue weighted by Gasteiger charge is 2.35. The molecule has 22 heavy (non-hydrogen) atoms. The molecule has 0 aliphatic carbocycles. The first-order chi connectivity index (χ1) is 10.6. The van der Waals surface area contributed by atoms with Gasteiger partial charge in [-0.2, -0.15) is 0 Å². The highest BCUT2D eigenvalue weighted by atomic mass is 32.1. The number of aromatic nitrogens is 2. The van der Waals surface area contributed by atoms with E-state index in [-0.39, 0.29) is 17.9 Å². The van der Waals surface area contributed by atoms with Crippen LogP contribution in [-0.2, 0) is 9.53 Å². The van der Waals surface area contributed by atoms with Gasteiger partial charge in [0.25, 0.3) is 5.91 Å². The van der Waals surface area contributed by atoms with E-state index in [0.717, 1.165) is 12.2 Å². The largest absolute Gasteiger partial charge is 0.465 e. The zero-order valence-electron chi connectivity index (χ0n) is 12.4. The SMILES string of the molecule is CC1CC(C)C(C(=O)Nc2nnc(C=Cc3ccco3)s2)O1. The van der Waals surface area contributed by atoms with E-state index in [1.807, 2.05) is 26.0 Å². The van der Waals surface area contributed by atoms with Gasteiger partial charge in [0, 0.05) is 0 Å². The van der Waals surface area contributed by atoms with Crippen molar-refractivity contribution in [3.05, 3.63) is 29.2 Å². The molecule has 7 heteroatoms. The van der Waals surface area contributed by atoms with Gasteiger partial charge in [-0.1, -0.05) is 18.3 Å². The average molecular weight is 319 g/mol. The van der Waals surface area contributed by atoms with Crippen molar-refractivity contribution in [2.24, 2.45) is 5.92 Å². The molecule has 1 saturated heterocycles. The van der Waals surface area contributed by atoms with Crippen LogP contribution < -0.4 is 5.32 Å². The van der Waals surface area contributed by atoms with Crippen LogP contribution in [0.1, 0.15) is 31.0 Å². The number of furan rings is 1. The van der Waals surface area contributed by atoms with E-state index in [1.54, 1.807) is 18.4 Å². The number of carbonyl (C=O) groups is 1. The number of nitrogens with one attached hydrogen (secondary N) is 1. The highest BCUT2D eigenvalue weighted by molar-refractivity contribution is 7.16. The molecule has 3 atom stereocenters. The Labute approximate surface area is 132 Å². The van der Waals surface area contributed by atoms with Crippen LogP contribution in [0.5, 0.6) is 0 Å². The second-order valence-electron chi connectivity index (χ2n) is 5.36. The fraction of sp³-hybridized carbons (Fsp3) is 0.400. The second kappa shape index (κ2) is 6.41. The summed E-state index contributed by atoms with van der Waals surface area (Å²) in [6.45, 7) is 4.00. The van der Waals surface area contributed by atoms with Gasteiger partial charge < -0.3 is 9.15 Å². The van der Waals surface area contributed by atoms with Crippen molar-refractivity contribution >= 4 is 34.5 Å². The predicted octanol–water partition coefficient (Wildman–Crippen LogP) is 3.05. The van der Waals surface area contributed by atoms with Gasteiger partial charge in [0.15, 0.2) is 0 Å². The van der Waals surface area contributed by atoms with Gasteiger partial charge in [-0.15, -0.1) is 10.2 Å². The Morgan fingerprint density at radius 3 is 2.95 bits per heavy atom. The van der Waals surface area contributed by atoms with Gasteiger partial charge in [-0.05, 0) is 43.5 Å². The van der Waals surface area contributed by atoms with E-state index < -0.39 is 6.10 Å². The summed E-state index contributed by atoms with van der Waals surface area (Å²) < 4.78 is 10.8. The van der Waals surface area contributed by atoms with Crippen LogP contribution in [0.25, 0.3) is 12.2 Å². The van der Waals surface area contributed by atoms with Gasteiger partial charge in [-0.25, -0.2) is 0 Å². The lowest BCUT2D eigenvalue weighted by Gasteiger charge is -2.13. The fourth-order valence-electron chi connectivity index (χ4n) is 2.48. The Bertz CT molecular complexity index is 665. The summed E-state index contributed by atoms with van der Waals surface area (Å²) in [5.41, 5.74) is 0. The monoisotopic (exact) mass is 319 g/mol. The topological polar surface area (TPSA) is 77.3 Å². The first-order valence-corrected chi connectivity index (χ1v) is 7.95. The van der Waals surface area contributed by atoms with E-state index in [0.29, 0.717) is 10.1 Å². The zero-order chi connectivity index (χ0) is 15.5. The van der Waals surface area contributed by atoms with Crippen LogP contribution in [-0.4, -0.2) is 28.3 Å². The average Bonchev–Trinajstić information content (AvgIpc) is 3.18. The smallest absolute Gasteiger partial charge is 0.255 e. The Morgan fingerprint density at radius 2 is 2.27 bits per heavy atom. The number of hydrogen-bond donors (Lipinski definition) is 1. The molecule has 0 saturated carbocycles. The molecule has 0 radical (unpaired) electrons. The van der Waals surface area contributed by atoms with E-state index in [1.165, 1.54) is 11.3 Å². The third-order valence-corrected chi connectivity index (χ3v) is 4.27. The normalized spacial score (nSPS) is 24.9. The Balaban J connectivity index is 1.61. The molecule has 3 rings (SSSR count). The fourth-order valence-corrected chi connectivity index (χ4v) is 3.12. The van der Waals surface area contributed by atoms with Crippen molar-refractivity contribution in [2.75, 3.05) is 5.32 Å². The lowest BCUT2D eigenvalue weighted by Crippen LogP contribution is -2.31. The maximum absolute atomic E-state index is 12.2. The quantitative estimate of drug-likeness (QED) is 0.937. The summed E-state index contributed by atoms with van der Waals surface area (Å²) in [4.78, 5) is 12.2. The van der Waals surface area contributed by atoms with Gasteiger partial charge in [0.1, 0.15) is 16.9 Å². The predicted molar refractivity (Wildman–Crippen MR) is 84.3 cm³/mol. The van der Waals surface area contributed by atoms with E-state index in [2.05, 4.69) is 15.5 Å². The van der Waals surface area contributed by atoms with Crippen molar-refractivity contribution < 1.29 is 13.9 Å². The Hall–Kier alpha value is -1.99. The first kappa shape index (κ1) is 14.9. The maximum Gasteiger partial charge on any atom is 0.255 e. The van der Waals surface area contributed by atoms with Crippen molar-refractivity contribution in [3.8, 4) is 0 Å². The Kier molecular flexibility index (Phi) is 4.35. The number of nitrogens with zero attached hydrogens (tertiary/aromatic N) is 2. The Morgan fingerprint density at radius 1 is 1.41 bits per heavy atom. The van der Waals surface area contributed by atoms with Crippen molar-refractivity contribution in [1.29, 1.82) is 0 Å². The standard InChI is InChI=1S/C15H17N3O3S/c1-9-8-10(2)21-13(9)14(19)16-15-18-17-12(22-15)6-5-11-4-3-7-20-11/h3-7,9-10,13H,8H2,1-2H3,(H,16,18,19). The molecule has 1 amide bonds. The van der Waals surface area contributed by atoms with Crippen LogP contribution in [0.3, 0.4) is 0 Å². The summed E-state index contributed by atoms with van der Waals surface area (Å²) >= 11 is 1.31. The van der Waals surface area contributed by atoms with Gasteiger partial charge in [0.05, 0.1) is 12.4 Å². The minimum absolute atomic E-state index is 0.118. The molecule has 3 unspecified atom stereocenters. The molecule has 1 fully saturated rings. The van der Waals surface area contributed by atoms with Crippen LogP contribution in [0.2, 0.25) is 0 Å². The third-order valence-electron chi connectivity index (χ3n) is 3.46. The number of amides is 1. The van der Waals surface area contributed by atoms with Crippen LogP contribution in [0, 0.1) is 5.92 Å². The molecule has 1 N–H and O–H groups in total. The summed E-state index contributed by atoms with van der Waals surface area (Å²) in [6.07, 6.45) is 5.80. The van der Waals surface area contributed by atoms with Crippen molar-refractivity contribution in [2.45, 2.75) is 32.5 Å². The lowest BCUT2D eigenvalue weighted by atomic mass is 10.0. The number of hydrogen-bond acceptors (Lipinski definition) is 6. The molecule has 1 aliphatic heterocycles. The minimum Gasteiger partial charge on any atom is -0.465 e. The summed E-state index contributed by atoms with van der Waals surface area (Å²) in [5.74, 6) is 0.791. The third kappa shape index (κ3) is 3.42. The summed E-state index contributed by atoms with van der Waals surface area (Å²) in [5, 5.41) is 11.9. The molecule has 0 aromatic carbocycles. The zero-order valence-corrected chi connectivity index (χ0v) is 13.2. The molecule has 116 valence electrons. The molecule has 3 heterocycles. The lowest BCUT2D eigenvalue weighted by molar-refractivity contribution is -0.127. The highest BCUT2D eigenvalue weighted by Crippen LogP contribution is 2.27. The van der Waals surface area contributed by atoms with E-state index >= 15 is 0 Å². The second-order valence-corrected chi connectivity index (χ2v) is 6.37. The van der Waals surface area contributed by atoms with Crippen LogP contribution in [0.15, 0.2) is 22.8 Å². The van der Waals surface area contributed by atoms with Crippen molar-refractivity contribution in [1.82, 2.24) is 10.2 Å². The molecule has 2 aromatic heterocycles. The summed E-state index contributed by atoms with van der Waals surface area (Å²) in [7, 11) is 0. The van der Waals surface area contributed by atoms with Gasteiger partial charge in [0.2, 0.25) is 5.13 Å². The number of rotatable bonds is 4. The van der Waals surface area contributed by atoms with E-state index in [4.69, 9.17) is 9.15 Å².